The molecule has 1 fully saturated rings. The van der Waals surface area contributed by atoms with E-state index in [4.69, 9.17) is 22.9 Å². The predicted molar refractivity (Wildman–Crippen MR) is 105 cm³/mol. The largest absolute Gasteiger partial charge is 0.490 e. The van der Waals surface area contributed by atoms with Crippen LogP contribution >= 0.6 is 11.6 Å². The molecule has 1 aliphatic carbocycles. The number of carbonyl (C=O) groups is 1. The van der Waals surface area contributed by atoms with Crippen molar-refractivity contribution in [2.45, 2.75) is 51.3 Å². The molecule has 0 atom stereocenters. The van der Waals surface area contributed by atoms with Gasteiger partial charge in [-0.1, -0.05) is 35.4 Å². The van der Waals surface area contributed by atoms with Gasteiger partial charge < -0.3 is 9.64 Å². The molecule has 0 N–H and O–H groups in total. The van der Waals surface area contributed by atoms with E-state index < -0.39 is 0 Å². The van der Waals surface area contributed by atoms with Crippen LogP contribution in [-0.2, 0) is 6.54 Å². The van der Waals surface area contributed by atoms with Crippen molar-refractivity contribution in [2.75, 3.05) is 0 Å². The Balaban J connectivity index is 1.36. The Morgan fingerprint density at radius 1 is 1.15 bits per heavy atom. The van der Waals surface area contributed by atoms with E-state index in [-0.39, 0.29) is 18.1 Å². The minimum absolute atomic E-state index is 0.124. The number of halogens is 1. The molecule has 1 amide bonds. The average molecular weight is 381 g/mol. The molecule has 0 aromatic heterocycles. The zero-order valence-corrected chi connectivity index (χ0v) is 16.0. The van der Waals surface area contributed by atoms with Gasteiger partial charge in [0, 0.05) is 18.2 Å². The average Bonchev–Trinajstić information content (AvgIpc) is 2.98. The molecule has 2 aromatic carbocycles. The minimum Gasteiger partial charge on any atom is -0.490 e. The van der Waals surface area contributed by atoms with E-state index in [2.05, 4.69) is 17.8 Å². The lowest BCUT2D eigenvalue weighted by atomic mass is 9.92. The maximum absolute atomic E-state index is 12.7. The van der Waals surface area contributed by atoms with Crippen molar-refractivity contribution in [1.82, 2.24) is 4.90 Å². The number of benzene rings is 2. The van der Waals surface area contributed by atoms with Gasteiger partial charge in [0.15, 0.2) is 0 Å². The molecule has 138 valence electrons. The lowest BCUT2D eigenvalue weighted by molar-refractivity contribution is 0.0561. The van der Waals surface area contributed by atoms with Crippen molar-refractivity contribution >= 4 is 23.2 Å². The maximum atomic E-state index is 12.7. The summed E-state index contributed by atoms with van der Waals surface area (Å²) in [5.41, 5.74) is 3.64. The number of amides is 1. The van der Waals surface area contributed by atoms with E-state index in [1.807, 2.05) is 17.0 Å². The molecule has 4 rings (SSSR count). The Morgan fingerprint density at radius 3 is 2.63 bits per heavy atom. The van der Waals surface area contributed by atoms with Crippen LogP contribution in [0.3, 0.4) is 0 Å². The van der Waals surface area contributed by atoms with Crippen molar-refractivity contribution < 1.29 is 9.53 Å². The first-order valence-corrected chi connectivity index (χ1v) is 9.67. The van der Waals surface area contributed by atoms with Gasteiger partial charge in [-0.3, -0.25) is 4.79 Å². The molecule has 4 nitrogen and oxygen atoms in total. The van der Waals surface area contributed by atoms with Gasteiger partial charge >= 0.3 is 0 Å². The summed E-state index contributed by atoms with van der Waals surface area (Å²) in [5.74, 6) is 0.867. The zero-order valence-electron chi connectivity index (χ0n) is 15.2. The SMILES string of the molecule is [C-]#[N+]c1ccc(OC2CCC(N3Cc4cc(C)ccc4C3=O)CC2)cc1Cl. The van der Waals surface area contributed by atoms with Gasteiger partial charge in [0.1, 0.15) is 5.75 Å². The third kappa shape index (κ3) is 3.52. The molecule has 0 spiro atoms. The van der Waals surface area contributed by atoms with Crippen molar-refractivity contribution in [3.63, 3.8) is 0 Å². The third-order valence-electron chi connectivity index (χ3n) is 5.52. The summed E-state index contributed by atoms with van der Waals surface area (Å²) in [5, 5.41) is 0.423. The number of hydrogen-bond acceptors (Lipinski definition) is 2. The normalized spacial score (nSPS) is 21.7. The summed E-state index contributed by atoms with van der Waals surface area (Å²) in [4.78, 5) is 18.1. The van der Waals surface area contributed by atoms with Crippen LogP contribution in [0.2, 0.25) is 5.02 Å². The van der Waals surface area contributed by atoms with Crippen LogP contribution < -0.4 is 4.74 Å². The molecule has 1 heterocycles. The number of ether oxygens (including phenoxy) is 1. The molecular weight excluding hydrogens is 360 g/mol. The molecular formula is C22H21ClN2O2. The Kier molecular flexibility index (Phi) is 4.80. The van der Waals surface area contributed by atoms with Gasteiger partial charge in [0.2, 0.25) is 5.69 Å². The molecule has 27 heavy (non-hydrogen) atoms. The van der Waals surface area contributed by atoms with Gasteiger partial charge in [-0.05, 0) is 56.4 Å². The van der Waals surface area contributed by atoms with Crippen LogP contribution in [0.15, 0.2) is 36.4 Å². The number of rotatable bonds is 3. The van der Waals surface area contributed by atoms with Crippen LogP contribution in [0, 0.1) is 13.5 Å². The number of hydrogen-bond donors (Lipinski definition) is 0. The van der Waals surface area contributed by atoms with E-state index in [1.54, 1.807) is 18.2 Å². The molecule has 1 aliphatic heterocycles. The van der Waals surface area contributed by atoms with Crippen LogP contribution in [0.4, 0.5) is 5.69 Å². The van der Waals surface area contributed by atoms with Crippen LogP contribution in [-0.4, -0.2) is 23.0 Å². The van der Waals surface area contributed by atoms with E-state index in [0.717, 1.165) is 43.4 Å². The number of aryl methyl sites for hydroxylation is 1. The summed E-state index contributed by atoms with van der Waals surface area (Å²) in [7, 11) is 0. The molecule has 5 heteroatoms. The Morgan fingerprint density at radius 2 is 1.93 bits per heavy atom. The number of fused-ring (bicyclic) bond motifs is 1. The second-order valence-corrected chi connectivity index (χ2v) is 7.77. The first-order valence-electron chi connectivity index (χ1n) is 9.29. The Bertz CT molecular complexity index is 926. The fraction of sp³-hybridized carbons (Fsp3) is 0.364. The standard InChI is InChI=1S/C22H21ClN2O2/c1-14-3-9-19-15(11-14)13-25(22(19)26)16-4-6-17(7-5-16)27-18-8-10-21(24-2)20(23)12-18/h3,8-12,16-17H,4-7,13H2,1H3. The molecule has 0 radical (unpaired) electrons. The van der Waals surface area contributed by atoms with Gasteiger partial charge in [-0.25, -0.2) is 4.85 Å². The highest BCUT2D eigenvalue weighted by Crippen LogP contribution is 2.34. The minimum atomic E-state index is 0.124. The summed E-state index contributed by atoms with van der Waals surface area (Å²) in [6, 6.07) is 11.6. The monoisotopic (exact) mass is 380 g/mol. The van der Waals surface area contributed by atoms with E-state index in [1.165, 1.54) is 5.56 Å². The lowest BCUT2D eigenvalue weighted by Crippen LogP contribution is -2.40. The van der Waals surface area contributed by atoms with E-state index in [0.29, 0.717) is 16.5 Å². The number of carbonyl (C=O) groups excluding carboxylic acids is 1. The third-order valence-corrected chi connectivity index (χ3v) is 5.82. The summed E-state index contributed by atoms with van der Waals surface area (Å²) < 4.78 is 6.06. The van der Waals surface area contributed by atoms with Crippen LogP contribution in [0.5, 0.6) is 5.75 Å². The highest BCUT2D eigenvalue weighted by molar-refractivity contribution is 6.33. The predicted octanol–water partition coefficient (Wildman–Crippen LogP) is 5.55. The molecule has 1 saturated carbocycles. The summed E-state index contributed by atoms with van der Waals surface area (Å²) in [6.07, 6.45) is 3.82. The van der Waals surface area contributed by atoms with Gasteiger partial charge in [-0.15, -0.1) is 0 Å². The summed E-state index contributed by atoms with van der Waals surface area (Å²) >= 11 is 6.09. The van der Waals surface area contributed by atoms with Crippen molar-refractivity contribution in [1.29, 1.82) is 0 Å². The van der Waals surface area contributed by atoms with Crippen molar-refractivity contribution in [3.05, 3.63) is 69.5 Å². The number of nitrogens with zero attached hydrogens (tertiary/aromatic N) is 2. The molecule has 2 aliphatic rings. The Hall–Kier alpha value is -2.51. The quantitative estimate of drug-likeness (QED) is 0.654. The van der Waals surface area contributed by atoms with Crippen molar-refractivity contribution in [3.8, 4) is 5.75 Å². The fourth-order valence-corrected chi connectivity index (χ4v) is 4.30. The zero-order chi connectivity index (χ0) is 19.0. The first kappa shape index (κ1) is 17.9. The topological polar surface area (TPSA) is 33.9 Å². The summed E-state index contributed by atoms with van der Waals surface area (Å²) in [6.45, 7) is 9.84. The van der Waals surface area contributed by atoms with Crippen molar-refractivity contribution in [2.24, 2.45) is 0 Å². The molecule has 0 unspecified atom stereocenters. The van der Waals surface area contributed by atoms with E-state index in [9.17, 15) is 4.79 Å². The first-order chi connectivity index (χ1) is 13.0. The fourth-order valence-electron chi connectivity index (χ4n) is 4.09. The smallest absolute Gasteiger partial charge is 0.254 e. The van der Waals surface area contributed by atoms with Crippen LogP contribution in [0.1, 0.15) is 47.2 Å². The second-order valence-electron chi connectivity index (χ2n) is 7.37. The van der Waals surface area contributed by atoms with Crippen LogP contribution in [0.25, 0.3) is 4.85 Å². The highest BCUT2D eigenvalue weighted by atomic mass is 35.5. The van der Waals surface area contributed by atoms with Gasteiger partial charge in [-0.2, -0.15) is 0 Å². The Labute approximate surface area is 164 Å². The molecule has 0 bridgehead atoms. The maximum Gasteiger partial charge on any atom is 0.254 e. The molecule has 2 aromatic rings. The second kappa shape index (κ2) is 7.25. The van der Waals surface area contributed by atoms with E-state index >= 15 is 0 Å². The highest BCUT2D eigenvalue weighted by Gasteiger charge is 2.35. The van der Waals surface area contributed by atoms with Gasteiger partial charge in [0.25, 0.3) is 5.91 Å². The molecule has 0 saturated heterocycles. The lowest BCUT2D eigenvalue weighted by Gasteiger charge is -2.34. The van der Waals surface area contributed by atoms with Gasteiger partial charge in [0.05, 0.1) is 17.7 Å².